The van der Waals surface area contributed by atoms with Gasteiger partial charge < -0.3 is 0 Å². The molecular formula is C12H13ClNO2S+. The van der Waals surface area contributed by atoms with Crippen molar-refractivity contribution >= 4 is 34.8 Å². The zero-order valence-corrected chi connectivity index (χ0v) is 11.3. The van der Waals surface area contributed by atoms with Crippen LogP contribution in [-0.4, -0.2) is 15.4 Å². The maximum Gasteiger partial charge on any atom is 0.333 e. The number of rotatable bonds is 3. The highest BCUT2D eigenvalue weighted by atomic mass is 35.5. The van der Waals surface area contributed by atoms with E-state index in [1.807, 2.05) is 19.9 Å². The van der Waals surface area contributed by atoms with Crippen LogP contribution in [-0.2, 0) is 0 Å². The second-order valence-corrected chi connectivity index (χ2v) is 5.86. The van der Waals surface area contributed by atoms with Gasteiger partial charge in [-0.3, -0.25) is 4.79 Å². The van der Waals surface area contributed by atoms with Crippen molar-refractivity contribution in [2.45, 2.75) is 36.4 Å². The van der Waals surface area contributed by atoms with Crippen LogP contribution in [0.2, 0.25) is 0 Å². The highest BCUT2D eigenvalue weighted by Crippen LogP contribution is 2.46. The van der Waals surface area contributed by atoms with Crippen LogP contribution in [0.25, 0.3) is 0 Å². The summed E-state index contributed by atoms with van der Waals surface area (Å²) in [5.41, 5.74) is 1.93. The normalized spacial score (nSPS) is 18.3. The van der Waals surface area contributed by atoms with Crippen molar-refractivity contribution in [1.82, 2.24) is 0 Å². The maximum atomic E-state index is 12.0. The molecule has 17 heavy (non-hydrogen) atoms. The number of fused-ring (bicyclic) bond motifs is 1. The fraction of sp³-hybridized carbons (Fsp3) is 0.417. The molecule has 0 saturated heterocycles. The van der Waals surface area contributed by atoms with Crippen LogP contribution < -0.4 is 0 Å². The molecule has 5 heteroatoms. The summed E-state index contributed by atoms with van der Waals surface area (Å²) in [6, 6.07) is 3.67. The lowest BCUT2D eigenvalue weighted by Gasteiger charge is -2.02. The van der Waals surface area contributed by atoms with E-state index in [4.69, 9.17) is 11.6 Å². The molecule has 1 heterocycles. The number of aryl methyl sites for hydroxylation is 1. The van der Waals surface area contributed by atoms with Crippen molar-refractivity contribution in [1.29, 1.82) is 0 Å². The molecule has 0 radical (unpaired) electrons. The summed E-state index contributed by atoms with van der Waals surface area (Å²) in [5, 5.41) is 0. The van der Waals surface area contributed by atoms with E-state index in [-0.39, 0.29) is 5.78 Å². The third-order valence-corrected chi connectivity index (χ3v) is 4.02. The minimum atomic E-state index is -0.667. The highest BCUT2D eigenvalue weighted by molar-refractivity contribution is 8.01. The first kappa shape index (κ1) is 12.6. The van der Waals surface area contributed by atoms with E-state index in [0.29, 0.717) is 17.7 Å². The monoisotopic (exact) mass is 270 g/mol. The fourth-order valence-electron chi connectivity index (χ4n) is 1.89. The first-order chi connectivity index (χ1) is 8.04. The van der Waals surface area contributed by atoms with Gasteiger partial charge in [0.05, 0.1) is 15.2 Å². The molecule has 0 bridgehead atoms. The number of hydrogen-bond acceptors (Lipinski definition) is 3. The number of benzene rings is 1. The fourth-order valence-corrected chi connectivity index (χ4v) is 3.25. The summed E-state index contributed by atoms with van der Waals surface area (Å²) in [7, 11) is 0. The molecule has 1 aromatic carbocycles. The molecule has 0 spiro atoms. The topological polar surface area (TPSA) is 37.1 Å². The Kier molecular flexibility index (Phi) is 3.54. The lowest BCUT2D eigenvalue weighted by atomic mass is 10.0. The van der Waals surface area contributed by atoms with Gasteiger partial charge in [-0.25, -0.2) is 0 Å². The number of hydrogen-bond donors (Lipinski definition) is 0. The summed E-state index contributed by atoms with van der Waals surface area (Å²) in [6.07, 6.45) is 1.24. The molecule has 0 N–H and O–H groups in total. The van der Waals surface area contributed by atoms with Gasteiger partial charge in [0.25, 0.3) is 5.69 Å². The molecule has 1 unspecified atom stereocenters. The van der Waals surface area contributed by atoms with Gasteiger partial charge in [0.1, 0.15) is 0 Å². The van der Waals surface area contributed by atoms with Crippen LogP contribution in [0.3, 0.4) is 0 Å². The van der Waals surface area contributed by atoms with Crippen molar-refractivity contribution < 1.29 is 9.55 Å². The molecule has 0 saturated carbocycles. The second-order valence-electron chi connectivity index (χ2n) is 4.07. The smallest absolute Gasteiger partial charge is 0.294 e. The Morgan fingerprint density at radius 3 is 2.88 bits per heavy atom. The van der Waals surface area contributed by atoms with Gasteiger partial charge in [0.15, 0.2) is 5.78 Å². The van der Waals surface area contributed by atoms with Crippen molar-refractivity contribution in [2.24, 2.45) is 0 Å². The van der Waals surface area contributed by atoms with E-state index >= 15 is 0 Å². The Balaban J connectivity index is 2.54. The number of carbonyl (C=O) groups excluding carboxylic acids is 1. The van der Waals surface area contributed by atoms with Crippen LogP contribution in [0.5, 0.6) is 0 Å². The van der Waals surface area contributed by atoms with Crippen molar-refractivity contribution in [3.05, 3.63) is 28.2 Å². The lowest BCUT2D eigenvalue weighted by molar-refractivity contribution is -0.453. The van der Waals surface area contributed by atoms with E-state index in [0.717, 1.165) is 21.6 Å². The summed E-state index contributed by atoms with van der Waals surface area (Å²) >= 11 is 7.19. The van der Waals surface area contributed by atoms with Crippen LogP contribution in [0.1, 0.15) is 35.7 Å². The number of nitrogens with zero attached hydrogens (tertiary/aromatic N) is 1. The summed E-state index contributed by atoms with van der Waals surface area (Å²) in [5.74, 6) is 0.0136. The Hall–Kier alpha value is -0.870. The lowest BCUT2D eigenvalue weighted by Crippen LogP contribution is -2.08. The molecule has 0 aliphatic carbocycles. The summed E-state index contributed by atoms with van der Waals surface area (Å²) in [6.45, 7) is 3.86. The van der Waals surface area contributed by atoms with E-state index < -0.39 is 4.83 Å². The van der Waals surface area contributed by atoms with Crippen molar-refractivity contribution in [2.75, 3.05) is 0 Å². The number of thioether (sulfide) groups is 1. The predicted octanol–water partition coefficient (Wildman–Crippen LogP) is 4.02. The standard InChI is InChI=1S/C12H13ClNO2S/c1-3-4-9(15)8-5-7(2)6-10-11(8)14(16)12(13)17-10/h5-6,12H,3-4H2,1-2H3/q+1. The Bertz CT molecular complexity index is 502. The molecular weight excluding hydrogens is 258 g/mol. The third-order valence-electron chi connectivity index (χ3n) is 2.63. The number of nitroso groups, excluding NO2 is 1. The summed E-state index contributed by atoms with van der Waals surface area (Å²) in [4.78, 5) is 24.0. The number of carbonyl (C=O) groups is 1. The van der Waals surface area contributed by atoms with Gasteiger partial charge in [-0.1, -0.05) is 6.92 Å². The minimum Gasteiger partial charge on any atom is -0.294 e. The molecule has 0 aromatic heterocycles. The highest BCUT2D eigenvalue weighted by Gasteiger charge is 2.42. The molecule has 1 atom stereocenters. The van der Waals surface area contributed by atoms with Crippen LogP contribution in [0, 0.1) is 11.8 Å². The Morgan fingerprint density at radius 1 is 1.53 bits per heavy atom. The molecule has 3 nitrogen and oxygen atoms in total. The third kappa shape index (κ3) is 2.24. The Labute approximate surface area is 109 Å². The second kappa shape index (κ2) is 4.78. The van der Waals surface area contributed by atoms with Crippen LogP contribution in [0.4, 0.5) is 5.69 Å². The first-order valence-electron chi connectivity index (χ1n) is 5.49. The maximum absolute atomic E-state index is 12.0. The van der Waals surface area contributed by atoms with Gasteiger partial charge in [0.2, 0.25) is 0 Å². The molecule has 90 valence electrons. The number of ketones is 1. The molecule has 0 amide bonds. The number of halogens is 1. The van der Waals surface area contributed by atoms with Crippen LogP contribution >= 0.6 is 23.4 Å². The van der Waals surface area contributed by atoms with Crippen LogP contribution in [0.15, 0.2) is 17.0 Å². The van der Waals surface area contributed by atoms with Gasteiger partial charge in [-0.15, -0.1) is 0 Å². The van der Waals surface area contributed by atoms with E-state index in [2.05, 4.69) is 0 Å². The van der Waals surface area contributed by atoms with E-state index in [1.54, 1.807) is 6.07 Å². The van der Waals surface area contributed by atoms with Crippen molar-refractivity contribution in [3.8, 4) is 0 Å². The zero-order chi connectivity index (χ0) is 12.6. The number of alkyl halides is 1. The average molecular weight is 271 g/mol. The quantitative estimate of drug-likeness (QED) is 0.360. The van der Waals surface area contributed by atoms with E-state index in [9.17, 15) is 9.70 Å². The molecule has 1 aliphatic rings. The minimum absolute atomic E-state index is 0.0136. The molecule has 1 aliphatic heterocycles. The largest absolute Gasteiger partial charge is 0.333 e. The number of Topliss-reactive ketones (excluding diaryl/α,β-unsaturated/α-hetero) is 1. The van der Waals surface area contributed by atoms with Crippen molar-refractivity contribution in [3.63, 3.8) is 0 Å². The molecule has 2 rings (SSSR count). The first-order valence-corrected chi connectivity index (χ1v) is 6.81. The zero-order valence-electron chi connectivity index (χ0n) is 9.70. The average Bonchev–Trinajstić information content (AvgIpc) is 2.54. The predicted molar refractivity (Wildman–Crippen MR) is 69.2 cm³/mol. The molecule has 1 aromatic rings. The van der Waals surface area contributed by atoms with Gasteiger partial charge in [0, 0.05) is 11.3 Å². The van der Waals surface area contributed by atoms with Gasteiger partial charge >= 0.3 is 4.83 Å². The Morgan fingerprint density at radius 2 is 2.24 bits per heavy atom. The van der Waals surface area contributed by atoms with Gasteiger partial charge in [-0.05, 0) is 54.4 Å². The van der Waals surface area contributed by atoms with Gasteiger partial charge in [-0.2, -0.15) is 0 Å². The molecule has 0 fully saturated rings. The summed E-state index contributed by atoms with van der Waals surface area (Å²) < 4.78 is 0.726. The van der Waals surface area contributed by atoms with E-state index in [1.165, 1.54) is 11.8 Å². The SMILES string of the molecule is CCCC(=O)c1cc(C)cc2c1[N+](=O)C(Cl)S2.